The van der Waals surface area contributed by atoms with Crippen molar-refractivity contribution in [3.8, 4) is 0 Å². The minimum absolute atomic E-state index is 0. The van der Waals surface area contributed by atoms with Gasteiger partial charge in [0.25, 0.3) is 15.9 Å². The first kappa shape index (κ1) is 28.8. The average molecular weight is 566 g/mol. The van der Waals surface area contributed by atoms with E-state index in [1.807, 2.05) is 55.5 Å². The molecular weight excluding hydrogens is 541 g/mol. The van der Waals surface area contributed by atoms with Gasteiger partial charge in [-0.3, -0.25) is 9.59 Å². The average Bonchev–Trinajstić information content (AvgIpc) is 3.23. The predicted octanol–water partition coefficient (Wildman–Crippen LogP) is 4.63. The minimum atomic E-state index is -3.93. The number of hydrogen-bond donors (Lipinski definition) is 2. The van der Waals surface area contributed by atoms with Gasteiger partial charge in [0.15, 0.2) is 5.17 Å². The van der Waals surface area contributed by atoms with Crippen LogP contribution in [0.25, 0.3) is 16.8 Å². The van der Waals surface area contributed by atoms with Gasteiger partial charge < -0.3 is 5.32 Å². The summed E-state index contributed by atoms with van der Waals surface area (Å²) in [6.45, 7) is 1.85. The third-order valence-electron chi connectivity index (χ3n) is 5.84. The molecule has 2 amide bonds. The molecule has 192 valence electrons. The quantitative estimate of drug-likeness (QED) is 0.261. The van der Waals surface area contributed by atoms with Gasteiger partial charge in [-0.05, 0) is 77.0 Å². The van der Waals surface area contributed by atoms with Crippen molar-refractivity contribution >= 4 is 90.9 Å². The van der Waals surface area contributed by atoms with Gasteiger partial charge in [0, 0.05) is 5.69 Å². The topological polar surface area (TPSA) is 105 Å². The van der Waals surface area contributed by atoms with Crippen LogP contribution < -0.4 is 10.0 Å². The molecule has 10 heteroatoms. The molecule has 1 aliphatic rings. The first-order valence-corrected chi connectivity index (χ1v) is 14.0. The molecule has 0 saturated heterocycles. The van der Waals surface area contributed by atoms with Crippen LogP contribution in [0.5, 0.6) is 0 Å². The second-order valence-electron chi connectivity index (χ2n) is 8.78. The second kappa shape index (κ2) is 12.3. The van der Waals surface area contributed by atoms with Gasteiger partial charge in [0.05, 0.1) is 16.2 Å². The first-order valence-electron chi connectivity index (χ1n) is 11.7. The van der Waals surface area contributed by atoms with Crippen LogP contribution in [0.1, 0.15) is 16.7 Å². The predicted molar refractivity (Wildman–Crippen MR) is 159 cm³/mol. The summed E-state index contributed by atoms with van der Waals surface area (Å²) in [6, 6.07) is 27.2. The molecule has 0 radical (unpaired) electrons. The summed E-state index contributed by atoms with van der Waals surface area (Å²) in [5.74, 6) is -0.940. The molecule has 0 saturated carbocycles. The molecule has 0 atom stereocenters. The number of fused-ring (bicyclic) bond motifs is 1. The number of sulfonamides is 1. The number of aliphatic imine (C=N–C) groups is 1. The Morgan fingerprint density at radius 2 is 1.62 bits per heavy atom. The Labute approximate surface area is 253 Å². The molecule has 5 rings (SSSR count). The van der Waals surface area contributed by atoms with E-state index in [1.165, 1.54) is 23.9 Å². The number of amides is 2. The van der Waals surface area contributed by atoms with Gasteiger partial charge >= 0.3 is 29.6 Å². The van der Waals surface area contributed by atoms with Gasteiger partial charge in [0.2, 0.25) is 5.91 Å². The van der Waals surface area contributed by atoms with Gasteiger partial charge in [-0.1, -0.05) is 66.2 Å². The maximum absolute atomic E-state index is 12.4. The molecule has 7 nitrogen and oxygen atoms in total. The van der Waals surface area contributed by atoms with E-state index in [1.54, 1.807) is 36.4 Å². The maximum atomic E-state index is 12.4. The Morgan fingerprint density at radius 3 is 2.33 bits per heavy atom. The number of carbonyl (C=O) groups excluding carboxylic acids is 2. The van der Waals surface area contributed by atoms with Crippen LogP contribution in [0.15, 0.2) is 106 Å². The van der Waals surface area contributed by atoms with E-state index < -0.39 is 15.9 Å². The zero-order valence-corrected chi connectivity index (χ0v) is 22.0. The number of rotatable bonds is 6. The second-order valence-corrected chi connectivity index (χ2v) is 11.5. The molecule has 4 aromatic rings. The number of nitrogens with one attached hydrogen (secondary N) is 2. The van der Waals surface area contributed by atoms with Crippen LogP contribution >= 0.6 is 11.8 Å². The summed E-state index contributed by atoms with van der Waals surface area (Å²) in [5.41, 5.74) is 3.17. The van der Waals surface area contributed by atoms with Crippen molar-refractivity contribution in [2.45, 2.75) is 18.2 Å². The van der Waals surface area contributed by atoms with Gasteiger partial charge in [-0.2, -0.15) is 4.99 Å². The number of carbonyl (C=O) groups is 2. The van der Waals surface area contributed by atoms with Crippen molar-refractivity contribution < 1.29 is 18.0 Å². The molecule has 1 aliphatic heterocycles. The van der Waals surface area contributed by atoms with Crippen molar-refractivity contribution in [3.05, 3.63) is 113 Å². The Balaban J connectivity index is 0.00000353. The molecule has 4 aromatic carbocycles. The van der Waals surface area contributed by atoms with Crippen molar-refractivity contribution in [1.29, 1.82) is 0 Å². The monoisotopic (exact) mass is 565 g/mol. The zero-order chi connectivity index (χ0) is 26.7. The summed E-state index contributed by atoms with van der Waals surface area (Å²) in [5, 5.41) is 5.80. The van der Waals surface area contributed by atoms with Crippen molar-refractivity contribution in [2.24, 2.45) is 4.99 Å². The van der Waals surface area contributed by atoms with Gasteiger partial charge in [-0.25, -0.2) is 13.1 Å². The number of benzene rings is 4. The standard InChI is InChI=1S/C29H23N3O4S2.Na.H/c1-19-6-14-25(15-7-19)38(35,36)32-27(33)18-20-9-12-24(13-10-20)30-29-31-28(34)26(37-29)17-21-8-11-22-4-2-3-5-23(22)16-21;;/h2-17H,18H2,1H3,(H,32,33)(H,30,31,34);;. The van der Waals surface area contributed by atoms with E-state index in [9.17, 15) is 18.0 Å². The molecule has 0 aliphatic carbocycles. The number of nitrogens with zero attached hydrogens (tertiary/aromatic N) is 1. The molecule has 2 N–H and O–H groups in total. The Bertz CT molecular complexity index is 1720. The van der Waals surface area contributed by atoms with Crippen LogP contribution in [0.3, 0.4) is 0 Å². The number of hydrogen-bond acceptors (Lipinski definition) is 6. The number of anilines is 1. The third-order valence-corrected chi connectivity index (χ3v) is 8.13. The Hall–Kier alpha value is -3.21. The van der Waals surface area contributed by atoms with Crippen LogP contribution in [0, 0.1) is 6.92 Å². The van der Waals surface area contributed by atoms with E-state index in [-0.39, 0.29) is 46.8 Å². The Kier molecular flexibility index (Phi) is 9.09. The molecule has 0 unspecified atom stereocenters. The zero-order valence-electron chi connectivity index (χ0n) is 20.3. The fourth-order valence-corrected chi connectivity index (χ4v) is 5.71. The summed E-state index contributed by atoms with van der Waals surface area (Å²) >= 11 is 1.25. The van der Waals surface area contributed by atoms with Crippen molar-refractivity contribution in [1.82, 2.24) is 4.72 Å². The van der Waals surface area contributed by atoms with E-state index in [2.05, 4.69) is 15.0 Å². The van der Waals surface area contributed by atoms with Crippen molar-refractivity contribution in [2.75, 3.05) is 5.32 Å². The van der Waals surface area contributed by atoms with Gasteiger partial charge in [0.1, 0.15) is 0 Å². The van der Waals surface area contributed by atoms with E-state index >= 15 is 0 Å². The molecule has 39 heavy (non-hydrogen) atoms. The summed E-state index contributed by atoms with van der Waals surface area (Å²) in [7, 11) is -3.93. The molecule has 0 spiro atoms. The molecule has 0 fully saturated rings. The van der Waals surface area contributed by atoms with Crippen LogP contribution in [-0.4, -0.2) is 55.0 Å². The van der Waals surface area contributed by atoms with E-state index in [0.29, 0.717) is 21.3 Å². The summed E-state index contributed by atoms with van der Waals surface area (Å²) < 4.78 is 27.0. The third kappa shape index (κ3) is 7.26. The van der Waals surface area contributed by atoms with Crippen LogP contribution in [0.2, 0.25) is 0 Å². The molecule has 0 bridgehead atoms. The fraction of sp³-hybridized carbons (Fsp3) is 0.0690. The van der Waals surface area contributed by atoms with E-state index in [0.717, 1.165) is 21.9 Å². The van der Waals surface area contributed by atoms with E-state index in [4.69, 9.17) is 0 Å². The molecule has 1 heterocycles. The molecular formula is C29H24N3NaO4S2. The van der Waals surface area contributed by atoms with Crippen LogP contribution in [-0.2, 0) is 26.0 Å². The normalized spacial score (nSPS) is 14.1. The van der Waals surface area contributed by atoms with Crippen LogP contribution in [0.4, 0.5) is 5.69 Å². The first-order chi connectivity index (χ1) is 18.2. The number of aryl methyl sites for hydroxylation is 1. The SMILES string of the molecule is Cc1ccc(S(=O)(=O)NC(=O)Cc2ccc(NC3=NC(=O)C(=Cc4ccc5ccccc5c4)S3)cc2)cc1.[NaH]. The molecule has 0 aromatic heterocycles. The number of amidine groups is 1. The number of thioether (sulfide) groups is 1. The summed E-state index contributed by atoms with van der Waals surface area (Å²) in [4.78, 5) is 29.5. The summed E-state index contributed by atoms with van der Waals surface area (Å²) in [6.07, 6.45) is 1.72. The van der Waals surface area contributed by atoms with Crippen molar-refractivity contribution in [3.63, 3.8) is 0 Å². The van der Waals surface area contributed by atoms with Gasteiger partial charge in [-0.15, -0.1) is 0 Å². The Morgan fingerprint density at radius 1 is 0.923 bits per heavy atom. The fourth-order valence-electron chi connectivity index (χ4n) is 3.89.